The fourth-order valence-electron chi connectivity index (χ4n) is 2.41. The van der Waals surface area contributed by atoms with Gasteiger partial charge in [0.25, 0.3) is 5.91 Å². The first kappa shape index (κ1) is 16.3. The third-order valence-corrected chi connectivity index (χ3v) is 4.16. The molecule has 0 atom stereocenters. The number of pyridine rings is 1. The molecule has 24 heavy (non-hydrogen) atoms. The predicted molar refractivity (Wildman–Crippen MR) is 92.4 cm³/mol. The summed E-state index contributed by atoms with van der Waals surface area (Å²) in [7, 11) is 1.61. The SMILES string of the molecule is CCn1ncc2c(Cl)c(C(=O)NCc3ccc(OC)cc3)cnc21. The maximum Gasteiger partial charge on any atom is 0.254 e. The molecule has 3 aromatic rings. The summed E-state index contributed by atoms with van der Waals surface area (Å²) in [4.78, 5) is 16.7. The van der Waals surface area contributed by atoms with Crippen molar-refractivity contribution in [3.05, 3.63) is 52.8 Å². The Morgan fingerprint density at radius 2 is 2.04 bits per heavy atom. The minimum absolute atomic E-state index is 0.269. The van der Waals surface area contributed by atoms with Crippen LogP contribution in [0.5, 0.6) is 5.75 Å². The van der Waals surface area contributed by atoms with Gasteiger partial charge in [0.2, 0.25) is 0 Å². The van der Waals surface area contributed by atoms with Crippen LogP contribution in [0.3, 0.4) is 0 Å². The molecule has 0 bridgehead atoms. The Kier molecular flexibility index (Phi) is 4.66. The van der Waals surface area contributed by atoms with Gasteiger partial charge in [0.1, 0.15) is 5.75 Å². The van der Waals surface area contributed by atoms with Crippen molar-refractivity contribution in [2.75, 3.05) is 7.11 Å². The van der Waals surface area contributed by atoms with Gasteiger partial charge in [-0.15, -0.1) is 0 Å². The third kappa shape index (κ3) is 3.05. The number of nitrogens with one attached hydrogen (secondary N) is 1. The van der Waals surface area contributed by atoms with Gasteiger partial charge in [-0.3, -0.25) is 4.79 Å². The van der Waals surface area contributed by atoms with Crippen LogP contribution < -0.4 is 10.1 Å². The second-order valence-electron chi connectivity index (χ2n) is 5.21. The van der Waals surface area contributed by atoms with Gasteiger partial charge in [-0.2, -0.15) is 5.10 Å². The van der Waals surface area contributed by atoms with Crippen LogP contribution in [-0.2, 0) is 13.1 Å². The topological polar surface area (TPSA) is 69.0 Å². The Morgan fingerprint density at radius 1 is 1.29 bits per heavy atom. The van der Waals surface area contributed by atoms with Crippen LogP contribution >= 0.6 is 11.6 Å². The van der Waals surface area contributed by atoms with Crippen molar-refractivity contribution in [1.29, 1.82) is 0 Å². The smallest absolute Gasteiger partial charge is 0.254 e. The van der Waals surface area contributed by atoms with Gasteiger partial charge in [0.15, 0.2) is 5.65 Å². The van der Waals surface area contributed by atoms with Gasteiger partial charge in [0, 0.05) is 19.3 Å². The Balaban J connectivity index is 1.77. The molecule has 1 N–H and O–H groups in total. The monoisotopic (exact) mass is 344 g/mol. The first-order chi connectivity index (χ1) is 11.6. The molecule has 0 aliphatic carbocycles. The van der Waals surface area contributed by atoms with Crippen LogP contribution in [0.2, 0.25) is 5.02 Å². The van der Waals surface area contributed by atoms with Crippen LogP contribution in [0.1, 0.15) is 22.8 Å². The minimum atomic E-state index is -0.269. The number of carbonyl (C=O) groups is 1. The number of ether oxygens (including phenoxy) is 1. The van der Waals surface area contributed by atoms with Crippen molar-refractivity contribution in [2.45, 2.75) is 20.0 Å². The molecule has 3 rings (SSSR count). The van der Waals surface area contributed by atoms with E-state index in [-0.39, 0.29) is 5.91 Å². The van der Waals surface area contributed by atoms with E-state index in [1.807, 2.05) is 31.2 Å². The quantitative estimate of drug-likeness (QED) is 0.772. The maximum atomic E-state index is 12.4. The maximum absolute atomic E-state index is 12.4. The summed E-state index contributed by atoms with van der Waals surface area (Å²) in [5, 5.41) is 8.10. The second-order valence-corrected chi connectivity index (χ2v) is 5.59. The zero-order valence-electron chi connectivity index (χ0n) is 13.4. The fraction of sp³-hybridized carbons (Fsp3) is 0.235. The van der Waals surface area contributed by atoms with Crippen LogP contribution in [0.25, 0.3) is 11.0 Å². The number of amides is 1. The van der Waals surface area contributed by atoms with Gasteiger partial charge in [0.05, 0.1) is 29.3 Å². The highest BCUT2D eigenvalue weighted by molar-refractivity contribution is 6.38. The number of fused-ring (bicyclic) bond motifs is 1. The number of halogens is 1. The van der Waals surface area contributed by atoms with E-state index in [1.54, 1.807) is 18.0 Å². The predicted octanol–water partition coefficient (Wildman–Crippen LogP) is 3.04. The lowest BCUT2D eigenvalue weighted by Gasteiger charge is -2.08. The number of methoxy groups -OCH3 is 1. The summed E-state index contributed by atoms with van der Waals surface area (Å²) in [6, 6.07) is 7.49. The van der Waals surface area contributed by atoms with Gasteiger partial charge >= 0.3 is 0 Å². The van der Waals surface area contributed by atoms with Crippen molar-refractivity contribution in [3.8, 4) is 5.75 Å². The lowest BCUT2D eigenvalue weighted by molar-refractivity contribution is 0.0951. The second kappa shape index (κ2) is 6.88. The van der Waals surface area contributed by atoms with E-state index in [2.05, 4.69) is 15.4 Å². The normalized spacial score (nSPS) is 10.8. The number of carbonyl (C=O) groups excluding carboxylic acids is 1. The number of nitrogens with zero attached hydrogens (tertiary/aromatic N) is 3. The van der Waals surface area contributed by atoms with Crippen molar-refractivity contribution in [1.82, 2.24) is 20.1 Å². The van der Waals surface area contributed by atoms with Crippen LogP contribution in [-0.4, -0.2) is 27.8 Å². The zero-order valence-corrected chi connectivity index (χ0v) is 14.2. The minimum Gasteiger partial charge on any atom is -0.497 e. The highest BCUT2D eigenvalue weighted by atomic mass is 35.5. The highest BCUT2D eigenvalue weighted by Crippen LogP contribution is 2.25. The molecule has 0 aliphatic rings. The largest absolute Gasteiger partial charge is 0.497 e. The van der Waals surface area contributed by atoms with Crippen molar-refractivity contribution in [3.63, 3.8) is 0 Å². The molecule has 2 aromatic heterocycles. The van der Waals surface area contributed by atoms with E-state index in [0.717, 1.165) is 11.3 Å². The zero-order chi connectivity index (χ0) is 17.1. The molecule has 124 valence electrons. The van der Waals surface area contributed by atoms with Crippen LogP contribution in [0.4, 0.5) is 0 Å². The molecule has 2 heterocycles. The molecule has 0 fully saturated rings. The Labute approximate surface area is 144 Å². The lowest BCUT2D eigenvalue weighted by atomic mass is 10.2. The average molecular weight is 345 g/mol. The number of aryl methyl sites for hydroxylation is 1. The highest BCUT2D eigenvalue weighted by Gasteiger charge is 2.16. The molecular weight excluding hydrogens is 328 g/mol. The van der Waals surface area contributed by atoms with Crippen LogP contribution in [0.15, 0.2) is 36.7 Å². The van der Waals surface area contributed by atoms with Crippen molar-refractivity contribution >= 4 is 28.5 Å². The molecule has 0 saturated heterocycles. The van der Waals surface area contributed by atoms with Gasteiger partial charge in [-0.1, -0.05) is 23.7 Å². The fourth-order valence-corrected chi connectivity index (χ4v) is 2.68. The van der Waals surface area contributed by atoms with E-state index in [1.165, 1.54) is 6.20 Å². The average Bonchev–Trinajstić information content (AvgIpc) is 3.04. The number of benzene rings is 1. The van der Waals surface area contributed by atoms with Crippen molar-refractivity contribution < 1.29 is 9.53 Å². The summed E-state index contributed by atoms with van der Waals surface area (Å²) in [5.41, 5.74) is 1.98. The summed E-state index contributed by atoms with van der Waals surface area (Å²) >= 11 is 6.36. The molecule has 1 aromatic carbocycles. The number of rotatable bonds is 5. The Morgan fingerprint density at radius 3 is 2.71 bits per heavy atom. The van der Waals surface area contributed by atoms with Crippen molar-refractivity contribution in [2.24, 2.45) is 0 Å². The Hall–Kier alpha value is -2.60. The standard InChI is InChI=1S/C17H17ClN4O2/c1-3-22-16-13(10-21-22)15(18)14(9-19-16)17(23)20-8-11-4-6-12(24-2)7-5-11/h4-7,9-10H,3,8H2,1-2H3,(H,20,23). The van der Waals surface area contributed by atoms with Gasteiger partial charge in [-0.25, -0.2) is 9.67 Å². The first-order valence-corrected chi connectivity index (χ1v) is 7.93. The molecular formula is C17H17ClN4O2. The van der Waals surface area contributed by atoms with Gasteiger partial charge < -0.3 is 10.1 Å². The molecule has 6 nitrogen and oxygen atoms in total. The van der Waals surface area contributed by atoms with Crippen LogP contribution in [0, 0.1) is 0 Å². The molecule has 0 aliphatic heterocycles. The number of hydrogen-bond donors (Lipinski definition) is 1. The Bertz CT molecular complexity index is 874. The summed E-state index contributed by atoms with van der Waals surface area (Å²) in [6.07, 6.45) is 3.12. The molecule has 0 spiro atoms. The molecule has 7 heteroatoms. The van der Waals surface area contributed by atoms with Gasteiger partial charge in [-0.05, 0) is 24.6 Å². The molecule has 1 amide bonds. The molecule has 0 radical (unpaired) electrons. The molecule has 0 saturated carbocycles. The van der Waals surface area contributed by atoms with E-state index in [4.69, 9.17) is 16.3 Å². The number of aromatic nitrogens is 3. The van der Waals surface area contributed by atoms with E-state index in [9.17, 15) is 4.79 Å². The molecule has 0 unspecified atom stereocenters. The summed E-state index contributed by atoms with van der Waals surface area (Å²) < 4.78 is 6.85. The summed E-state index contributed by atoms with van der Waals surface area (Å²) in [6.45, 7) is 3.05. The summed E-state index contributed by atoms with van der Waals surface area (Å²) in [5.74, 6) is 0.505. The van der Waals surface area contributed by atoms with E-state index >= 15 is 0 Å². The number of hydrogen-bond acceptors (Lipinski definition) is 4. The van der Waals surface area contributed by atoms with E-state index < -0.39 is 0 Å². The van der Waals surface area contributed by atoms with E-state index in [0.29, 0.717) is 34.7 Å². The third-order valence-electron chi connectivity index (χ3n) is 3.76. The first-order valence-electron chi connectivity index (χ1n) is 7.55. The lowest BCUT2D eigenvalue weighted by Crippen LogP contribution is -2.23.